The van der Waals surface area contributed by atoms with E-state index in [9.17, 15) is 19.5 Å². The average molecular weight is 531 g/mol. The Morgan fingerprint density at radius 3 is 2.26 bits per heavy atom. The van der Waals surface area contributed by atoms with E-state index >= 15 is 0 Å². The Bertz CT molecular complexity index is 1000. The first kappa shape index (κ1) is 29.3. The largest absolute Gasteiger partial charge is 0.462 e. The van der Waals surface area contributed by atoms with E-state index in [-0.39, 0.29) is 34.9 Å². The smallest absolute Gasteiger partial charge is 0.309 e. The number of carbonyl (C=O) groups is 3. The van der Waals surface area contributed by atoms with E-state index in [4.69, 9.17) is 9.47 Å². The molecule has 0 radical (unpaired) electrons. The monoisotopic (exact) mass is 530 g/mol. The van der Waals surface area contributed by atoms with Gasteiger partial charge in [-0.1, -0.05) is 53.5 Å². The molecule has 4 aliphatic rings. The molecule has 0 spiro atoms. The number of aliphatic hydroxyl groups is 1. The van der Waals surface area contributed by atoms with Crippen LogP contribution in [0.25, 0.3) is 0 Å². The molecule has 0 bridgehead atoms. The van der Waals surface area contributed by atoms with Crippen molar-refractivity contribution in [1.82, 2.24) is 0 Å². The van der Waals surface area contributed by atoms with Gasteiger partial charge in [-0.15, -0.1) is 0 Å². The SMILES string of the molecule is CC[C@@]1(C)CCC[C@]2(C)[C@H]3C[C@H](OC(=O)C[C@@H](C)OC(C)=O)[C@@]4(C)C=C(C(C)=O)[C@H](O)C[C@H]4[C@]3(C)CC[C@@H]12. The summed E-state index contributed by atoms with van der Waals surface area (Å²) < 4.78 is 11.5. The second kappa shape index (κ2) is 10.1. The van der Waals surface area contributed by atoms with Crippen LogP contribution in [-0.2, 0) is 23.9 Å². The summed E-state index contributed by atoms with van der Waals surface area (Å²) in [7, 11) is 0. The first-order valence-electron chi connectivity index (χ1n) is 14.9. The Hall–Kier alpha value is -1.69. The lowest BCUT2D eigenvalue weighted by molar-refractivity contribution is -0.229. The Labute approximate surface area is 229 Å². The van der Waals surface area contributed by atoms with Crippen LogP contribution in [0.2, 0.25) is 0 Å². The lowest BCUT2D eigenvalue weighted by atomic mass is 9.35. The molecule has 0 amide bonds. The highest BCUT2D eigenvalue weighted by Gasteiger charge is 2.67. The topological polar surface area (TPSA) is 89.9 Å². The fraction of sp³-hybridized carbons (Fsp3) is 0.844. The van der Waals surface area contributed by atoms with E-state index in [1.54, 1.807) is 6.92 Å². The van der Waals surface area contributed by atoms with Gasteiger partial charge in [-0.2, -0.15) is 0 Å². The Balaban J connectivity index is 1.75. The first-order valence-corrected chi connectivity index (χ1v) is 14.9. The number of aliphatic hydroxyl groups excluding tert-OH is 1. The summed E-state index contributed by atoms with van der Waals surface area (Å²) in [4.78, 5) is 37.1. The van der Waals surface area contributed by atoms with Gasteiger partial charge in [-0.05, 0) is 86.4 Å². The standard InChI is InChI=1S/C32H50O6/c1-9-29(5)12-10-13-30(6)24(29)11-14-31(7)25-16-23(35)22(20(3)33)18-32(25,8)27(17-26(30)31)38-28(36)15-19(2)37-21(4)34/h18-19,23-27,35H,9-17H2,1-8H3/t19-,23-,24+,25+,26-,27+,29+,30+,31+,32+/m1/s1. The normalized spacial score (nSPS) is 45.0. The second-order valence-corrected chi connectivity index (χ2v) is 14.2. The Kier molecular flexibility index (Phi) is 7.75. The van der Waals surface area contributed by atoms with Gasteiger partial charge in [0.05, 0.1) is 12.5 Å². The molecule has 3 saturated carbocycles. The zero-order chi connectivity index (χ0) is 28.3. The molecule has 4 aliphatic carbocycles. The van der Waals surface area contributed by atoms with Gasteiger partial charge in [0.1, 0.15) is 12.2 Å². The number of hydrogen-bond acceptors (Lipinski definition) is 6. The molecule has 6 nitrogen and oxygen atoms in total. The summed E-state index contributed by atoms with van der Waals surface area (Å²) in [5.41, 5.74) is 0.297. The van der Waals surface area contributed by atoms with Crippen molar-refractivity contribution in [3.05, 3.63) is 11.6 Å². The van der Waals surface area contributed by atoms with Crippen LogP contribution in [0.5, 0.6) is 0 Å². The van der Waals surface area contributed by atoms with E-state index in [1.165, 1.54) is 46.0 Å². The van der Waals surface area contributed by atoms with Crippen molar-refractivity contribution in [3.63, 3.8) is 0 Å². The number of ether oxygens (including phenoxy) is 2. The maximum Gasteiger partial charge on any atom is 0.309 e. The summed E-state index contributed by atoms with van der Waals surface area (Å²) in [6.45, 7) is 16.4. The van der Waals surface area contributed by atoms with E-state index < -0.39 is 29.7 Å². The second-order valence-electron chi connectivity index (χ2n) is 14.2. The number of esters is 2. The Morgan fingerprint density at radius 2 is 1.66 bits per heavy atom. The van der Waals surface area contributed by atoms with E-state index in [1.807, 2.05) is 6.08 Å². The highest BCUT2D eigenvalue weighted by Crippen LogP contribution is 2.72. The van der Waals surface area contributed by atoms with Crippen LogP contribution in [0.15, 0.2) is 11.6 Å². The van der Waals surface area contributed by atoms with Crippen molar-refractivity contribution < 1.29 is 29.0 Å². The van der Waals surface area contributed by atoms with Crippen LogP contribution in [0, 0.1) is 39.4 Å². The summed E-state index contributed by atoms with van der Waals surface area (Å²) in [5, 5.41) is 11.1. The lowest BCUT2D eigenvalue weighted by Gasteiger charge is -2.70. The number of ketones is 1. The quantitative estimate of drug-likeness (QED) is 0.412. The Morgan fingerprint density at radius 1 is 1.00 bits per heavy atom. The molecule has 38 heavy (non-hydrogen) atoms. The number of Topliss-reactive ketones (excluding diaryl/α,β-unsaturated/α-hetero) is 1. The van der Waals surface area contributed by atoms with Crippen LogP contribution in [0.1, 0.15) is 113 Å². The van der Waals surface area contributed by atoms with Crippen molar-refractivity contribution >= 4 is 17.7 Å². The van der Waals surface area contributed by atoms with Crippen LogP contribution in [0.3, 0.4) is 0 Å². The fourth-order valence-corrected chi connectivity index (χ4v) is 10.1. The van der Waals surface area contributed by atoms with Crippen molar-refractivity contribution in [2.45, 2.75) is 131 Å². The highest BCUT2D eigenvalue weighted by molar-refractivity contribution is 5.94. The molecular weight excluding hydrogens is 480 g/mol. The van der Waals surface area contributed by atoms with Crippen molar-refractivity contribution in [1.29, 1.82) is 0 Å². The third-order valence-electron chi connectivity index (χ3n) is 11.9. The molecule has 214 valence electrons. The molecule has 4 rings (SSSR count). The minimum Gasteiger partial charge on any atom is -0.462 e. The predicted molar refractivity (Wildman–Crippen MR) is 146 cm³/mol. The van der Waals surface area contributed by atoms with Gasteiger partial charge in [0.15, 0.2) is 5.78 Å². The summed E-state index contributed by atoms with van der Waals surface area (Å²) in [6.07, 6.45) is 8.57. The third-order valence-corrected chi connectivity index (χ3v) is 11.9. The van der Waals surface area contributed by atoms with Gasteiger partial charge in [0.2, 0.25) is 0 Å². The van der Waals surface area contributed by atoms with Crippen LogP contribution >= 0.6 is 0 Å². The summed E-state index contributed by atoms with van der Waals surface area (Å²) in [5.74, 6) is 0.131. The van der Waals surface area contributed by atoms with Gasteiger partial charge in [0, 0.05) is 17.9 Å². The molecule has 10 atom stereocenters. The van der Waals surface area contributed by atoms with Gasteiger partial charge in [-0.3, -0.25) is 14.4 Å². The molecule has 1 N–H and O–H groups in total. The number of carbonyl (C=O) groups excluding carboxylic acids is 3. The van der Waals surface area contributed by atoms with E-state index in [0.717, 1.165) is 12.8 Å². The first-order chi connectivity index (χ1) is 17.6. The molecule has 0 aromatic rings. The van der Waals surface area contributed by atoms with Gasteiger partial charge in [-0.25, -0.2) is 0 Å². The summed E-state index contributed by atoms with van der Waals surface area (Å²) in [6, 6.07) is 0. The minimum absolute atomic E-state index is 0.00152. The number of rotatable bonds is 6. The number of hydrogen-bond donors (Lipinski definition) is 1. The minimum atomic E-state index is -0.792. The molecule has 0 aromatic carbocycles. The molecule has 6 heteroatoms. The van der Waals surface area contributed by atoms with Gasteiger partial charge in [0.25, 0.3) is 0 Å². The molecule has 3 fully saturated rings. The maximum absolute atomic E-state index is 13.2. The van der Waals surface area contributed by atoms with Crippen LogP contribution in [0.4, 0.5) is 0 Å². The predicted octanol–water partition coefficient (Wildman–Crippen LogP) is 6.19. The zero-order valence-electron chi connectivity index (χ0n) is 24.9. The van der Waals surface area contributed by atoms with Crippen molar-refractivity contribution in [3.8, 4) is 0 Å². The van der Waals surface area contributed by atoms with Crippen LogP contribution in [-0.4, -0.2) is 41.1 Å². The van der Waals surface area contributed by atoms with Gasteiger partial charge >= 0.3 is 11.9 Å². The third kappa shape index (κ3) is 4.67. The maximum atomic E-state index is 13.2. The van der Waals surface area contributed by atoms with Crippen molar-refractivity contribution in [2.24, 2.45) is 39.4 Å². The van der Waals surface area contributed by atoms with Crippen molar-refractivity contribution in [2.75, 3.05) is 0 Å². The molecular formula is C32H50O6. The average Bonchev–Trinajstić information content (AvgIpc) is 2.80. The number of fused-ring (bicyclic) bond motifs is 5. The molecule has 0 saturated heterocycles. The molecule has 0 heterocycles. The van der Waals surface area contributed by atoms with E-state index in [0.29, 0.717) is 29.2 Å². The fourth-order valence-electron chi connectivity index (χ4n) is 10.1. The molecule has 0 unspecified atom stereocenters. The molecule has 0 aromatic heterocycles. The zero-order valence-corrected chi connectivity index (χ0v) is 24.9. The van der Waals surface area contributed by atoms with Crippen LogP contribution < -0.4 is 0 Å². The molecule has 0 aliphatic heterocycles. The summed E-state index contributed by atoms with van der Waals surface area (Å²) >= 11 is 0. The van der Waals surface area contributed by atoms with Gasteiger partial charge < -0.3 is 14.6 Å². The highest BCUT2D eigenvalue weighted by atomic mass is 16.6. The lowest BCUT2D eigenvalue weighted by Crippen LogP contribution is -2.65. The van der Waals surface area contributed by atoms with E-state index in [2.05, 4.69) is 34.6 Å².